The lowest BCUT2D eigenvalue weighted by atomic mass is 10.2. The molecule has 3 nitrogen and oxygen atoms in total. The number of hydrogen-bond acceptors (Lipinski definition) is 3. The first kappa shape index (κ1) is 6.88. The minimum absolute atomic E-state index is 0.530. The van der Waals surface area contributed by atoms with Crippen molar-refractivity contribution >= 4 is 22.6 Å². The zero-order valence-corrected chi connectivity index (χ0v) is 7.03. The molecule has 1 aliphatic heterocycles. The predicted octanol–water partition coefficient (Wildman–Crippen LogP) is 0.212. The summed E-state index contributed by atoms with van der Waals surface area (Å²) in [6.45, 7) is 7.38. The SMILES string of the molecule is C=C1NNC(=C)C1(N)I. The molecule has 0 atom stereocenters. The van der Waals surface area contributed by atoms with E-state index in [1.165, 1.54) is 0 Å². The zero-order chi connectivity index (χ0) is 7.07. The van der Waals surface area contributed by atoms with Crippen LogP contribution in [-0.4, -0.2) is 3.55 Å². The Morgan fingerprint density at radius 3 is 1.78 bits per heavy atom. The fourth-order valence-electron chi connectivity index (χ4n) is 0.515. The normalized spacial score (nSPS) is 23.3. The van der Waals surface area contributed by atoms with Gasteiger partial charge < -0.3 is 16.6 Å². The Bertz CT molecular complexity index is 155. The van der Waals surface area contributed by atoms with Gasteiger partial charge in [0.05, 0.1) is 11.4 Å². The summed E-state index contributed by atoms with van der Waals surface area (Å²) in [5.41, 5.74) is 12.8. The summed E-state index contributed by atoms with van der Waals surface area (Å²) in [5.74, 6) is 0. The van der Waals surface area contributed by atoms with Crippen LogP contribution in [0.5, 0.6) is 0 Å². The average molecular weight is 237 g/mol. The maximum Gasteiger partial charge on any atom is 0.150 e. The van der Waals surface area contributed by atoms with E-state index in [2.05, 4.69) is 46.6 Å². The van der Waals surface area contributed by atoms with Crippen LogP contribution in [0.2, 0.25) is 0 Å². The molecule has 0 saturated carbocycles. The molecule has 1 fully saturated rings. The molecule has 0 radical (unpaired) electrons. The quantitative estimate of drug-likeness (QED) is 0.320. The van der Waals surface area contributed by atoms with Crippen molar-refractivity contribution in [3.63, 3.8) is 0 Å². The number of nitrogens with two attached hydrogens (primary N) is 1. The standard InChI is InChI=1S/C5H8IN3/c1-3-5(6,7)4(2)9-8-3/h8-9H,1-2,7H2. The van der Waals surface area contributed by atoms with Crippen LogP contribution in [0.25, 0.3) is 0 Å². The van der Waals surface area contributed by atoms with E-state index in [0.717, 1.165) is 11.4 Å². The highest BCUT2D eigenvalue weighted by Crippen LogP contribution is 2.28. The smallest absolute Gasteiger partial charge is 0.150 e. The first-order valence-corrected chi connectivity index (χ1v) is 3.51. The molecule has 4 N–H and O–H groups in total. The van der Waals surface area contributed by atoms with E-state index >= 15 is 0 Å². The molecule has 1 heterocycles. The third-order valence-electron chi connectivity index (χ3n) is 1.24. The molecule has 1 aliphatic rings. The molecule has 50 valence electrons. The summed E-state index contributed by atoms with van der Waals surface area (Å²) in [5, 5.41) is 0. The van der Waals surface area contributed by atoms with Gasteiger partial charge in [-0.05, 0) is 22.6 Å². The monoisotopic (exact) mass is 237 g/mol. The molecule has 0 aromatic rings. The van der Waals surface area contributed by atoms with E-state index in [4.69, 9.17) is 5.73 Å². The second-order valence-corrected chi connectivity index (χ2v) is 3.62. The van der Waals surface area contributed by atoms with Gasteiger partial charge in [-0.1, -0.05) is 13.2 Å². The second-order valence-electron chi connectivity index (χ2n) is 1.92. The van der Waals surface area contributed by atoms with Crippen LogP contribution in [0.3, 0.4) is 0 Å². The average Bonchev–Trinajstić information content (AvgIpc) is 1.96. The molecule has 0 aromatic heterocycles. The topological polar surface area (TPSA) is 50.1 Å². The molecule has 4 heteroatoms. The summed E-state index contributed by atoms with van der Waals surface area (Å²) < 4.78 is -0.530. The Balaban J connectivity index is 2.91. The minimum atomic E-state index is -0.530. The Morgan fingerprint density at radius 2 is 1.67 bits per heavy atom. The molecule has 1 rings (SSSR count). The predicted molar refractivity (Wildman–Crippen MR) is 45.5 cm³/mol. The van der Waals surface area contributed by atoms with E-state index in [1.807, 2.05) is 0 Å². The van der Waals surface area contributed by atoms with Gasteiger partial charge >= 0.3 is 0 Å². The van der Waals surface area contributed by atoms with Gasteiger partial charge in [-0.3, -0.25) is 0 Å². The molecule has 0 unspecified atom stereocenters. The number of halogens is 1. The van der Waals surface area contributed by atoms with Crippen molar-refractivity contribution in [2.75, 3.05) is 0 Å². The van der Waals surface area contributed by atoms with E-state index in [9.17, 15) is 0 Å². The van der Waals surface area contributed by atoms with Gasteiger partial charge in [-0.25, -0.2) is 0 Å². The van der Waals surface area contributed by atoms with Gasteiger partial charge in [0.25, 0.3) is 0 Å². The molecule has 0 amide bonds. The summed E-state index contributed by atoms with van der Waals surface area (Å²) in [6, 6.07) is 0. The fourth-order valence-corrected chi connectivity index (χ4v) is 0.785. The van der Waals surface area contributed by atoms with Crippen molar-refractivity contribution < 1.29 is 0 Å². The highest BCUT2D eigenvalue weighted by molar-refractivity contribution is 14.1. The fraction of sp³-hybridized carbons (Fsp3) is 0.200. The molecular weight excluding hydrogens is 229 g/mol. The number of rotatable bonds is 0. The van der Waals surface area contributed by atoms with Crippen molar-refractivity contribution in [1.82, 2.24) is 10.9 Å². The number of alkyl halides is 1. The van der Waals surface area contributed by atoms with Crippen LogP contribution in [0.4, 0.5) is 0 Å². The van der Waals surface area contributed by atoms with Gasteiger partial charge in [0, 0.05) is 0 Å². The molecule has 0 aliphatic carbocycles. The van der Waals surface area contributed by atoms with E-state index in [-0.39, 0.29) is 0 Å². The molecule has 0 aromatic carbocycles. The van der Waals surface area contributed by atoms with Crippen LogP contribution in [0.1, 0.15) is 0 Å². The Hall–Kier alpha value is -0.230. The lowest BCUT2D eigenvalue weighted by Gasteiger charge is -2.13. The third-order valence-corrected chi connectivity index (χ3v) is 2.54. The van der Waals surface area contributed by atoms with Crippen LogP contribution in [0, 0.1) is 0 Å². The van der Waals surface area contributed by atoms with Gasteiger partial charge in [0.2, 0.25) is 0 Å². The first-order valence-electron chi connectivity index (χ1n) is 2.43. The van der Waals surface area contributed by atoms with Crippen LogP contribution in [-0.2, 0) is 0 Å². The van der Waals surface area contributed by atoms with E-state index in [1.54, 1.807) is 0 Å². The largest absolute Gasteiger partial charge is 0.307 e. The number of hydrogen-bond donors (Lipinski definition) is 3. The van der Waals surface area contributed by atoms with E-state index in [0.29, 0.717) is 0 Å². The minimum Gasteiger partial charge on any atom is -0.307 e. The summed E-state index contributed by atoms with van der Waals surface area (Å²) in [7, 11) is 0. The van der Waals surface area contributed by atoms with Crippen molar-refractivity contribution in [3.05, 3.63) is 24.6 Å². The Kier molecular flexibility index (Phi) is 1.44. The second kappa shape index (κ2) is 1.88. The van der Waals surface area contributed by atoms with Crippen molar-refractivity contribution in [1.29, 1.82) is 0 Å². The lowest BCUT2D eigenvalue weighted by Crippen LogP contribution is -2.33. The highest BCUT2D eigenvalue weighted by Gasteiger charge is 2.33. The van der Waals surface area contributed by atoms with Gasteiger partial charge in [0.15, 0.2) is 3.55 Å². The van der Waals surface area contributed by atoms with Crippen molar-refractivity contribution in [2.24, 2.45) is 5.73 Å². The zero-order valence-electron chi connectivity index (χ0n) is 4.87. The number of hydrazine groups is 1. The summed E-state index contributed by atoms with van der Waals surface area (Å²) >= 11 is 2.07. The molecule has 9 heavy (non-hydrogen) atoms. The van der Waals surface area contributed by atoms with Crippen molar-refractivity contribution in [2.45, 2.75) is 3.55 Å². The molecular formula is C5H8IN3. The van der Waals surface area contributed by atoms with E-state index < -0.39 is 3.55 Å². The van der Waals surface area contributed by atoms with Gasteiger partial charge in [-0.2, -0.15) is 0 Å². The lowest BCUT2D eigenvalue weighted by molar-refractivity contribution is 0.781. The summed E-state index contributed by atoms with van der Waals surface area (Å²) in [6.07, 6.45) is 0. The summed E-state index contributed by atoms with van der Waals surface area (Å²) in [4.78, 5) is 0. The Morgan fingerprint density at radius 1 is 1.33 bits per heavy atom. The highest BCUT2D eigenvalue weighted by atomic mass is 127. The molecule has 0 spiro atoms. The van der Waals surface area contributed by atoms with Crippen LogP contribution in [0.15, 0.2) is 24.6 Å². The van der Waals surface area contributed by atoms with Gasteiger partial charge in [-0.15, -0.1) is 0 Å². The van der Waals surface area contributed by atoms with Gasteiger partial charge in [0.1, 0.15) is 0 Å². The molecule has 0 bridgehead atoms. The maximum absolute atomic E-state index is 5.73. The van der Waals surface area contributed by atoms with Crippen molar-refractivity contribution in [3.8, 4) is 0 Å². The third kappa shape index (κ3) is 0.920. The molecule has 1 saturated heterocycles. The van der Waals surface area contributed by atoms with Crippen LogP contribution >= 0.6 is 22.6 Å². The maximum atomic E-state index is 5.73. The Labute approximate surface area is 67.5 Å². The number of nitrogens with one attached hydrogen (secondary N) is 2. The first-order chi connectivity index (χ1) is 4.05. The van der Waals surface area contributed by atoms with Crippen LogP contribution < -0.4 is 16.6 Å².